The molecule has 0 amide bonds. The lowest BCUT2D eigenvalue weighted by molar-refractivity contribution is 0.00578. The number of benzene rings is 4. The highest BCUT2D eigenvalue weighted by atomic mass is 31.2. The van der Waals surface area contributed by atoms with Crippen LogP contribution in [0.3, 0.4) is 0 Å². The molecule has 1 aliphatic rings. The van der Waals surface area contributed by atoms with Crippen molar-refractivity contribution in [3.8, 4) is 11.1 Å². The Morgan fingerprint density at radius 2 is 1.06 bits per heavy atom. The molecule has 4 aromatic carbocycles. The van der Waals surface area contributed by atoms with E-state index < -0.39 is 14.3 Å². The van der Waals surface area contributed by atoms with Crippen LogP contribution in [0.15, 0.2) is 109 Å². The molecule has 35 heavy (non-hydrogen) atoms. The Morgan fingerprint density at radius 3 is 1.57 bits per heavy atom. The Morgan fingerprint density at radius 1 is 0.571 bits per heavy atom. The molecule has 0 atom stereocenters. The van der Waals surface area contributed by atoms with Crippen LogP contribution >= 0.6 is 7.14 Å². The lowest BCUT2D eigenvalue weighted by Crippen LogP contribution is -2.41. The summed E-state index contributed by atoms with van der Waals surface area (Å²) in [7, 11) is -3.39. The molecule has 5 heteroatoms. The van der Waals surface area contributed by atoms with Crippen LogP contribution in [0.1, 0.15) is 27.7 Å². The Bertz CT molecular complexity index is 1310. The number of rotatable bonds is 5. The molecule has 4 aromatic rings. The zero-order valence-electron chi connectivity index (χ0n) is 20.6. The maximum Gasteiger partial charge on any atom is 0.494 e. The summed E-state index contributed by atoms with van der Waals surface area (Å²) >= 11 is 0. The molecule has 0 radical (unpaired) electrons. The van der Waals surface area contributed by atoms with E-state index in [0.717, 1.165) is 32.5 Å². The highest BCUT2D eigenvalue weighted by Gasteiger charge is 2.51. The average molecular weight is 480 g/mol. The number of hydrogen-bond donors (Lipinski definition) is 0. The smallest absolute Gasteiger partial charge is 0.399 e. The monoisotopic (exact) mass is 480 g/mol. The molecule has 3 nitrogen and oxygen atoms in total. The van der Waals surface area contributed by atoms with Crippen molar-refractivity contribution in [3.05, 3.63) is 109 Å². The molecule has 1 fully saturated rings. The van der Waals surface area contributed by atoms with Gasteiger partial charge in [-0.3, -0.25) is 0 Å². The van der Waals surface area contributed by atoms with Crippen molar-refractivity contribution in [2.45, 2.75) is 38.9 Å². The molecule has 176 valence electrons. The maximum absolute atomic E-state index is 14.6. The van der Waals surface area contributed by atoms with Crippen LogP contribution in [0.25, 0.3) is 11.1 Å². The molecule has 0 spiro atoms. The summed E-state index contributed by atoms with van der Waals surface area (Å²) in [6, 6.07) is 35.9. The van der Waals surface area contributed by atoms with Gasteiger partial charge in [0.1, 0.15) is 0 Å². The molecular weight excluding hydrogens is 450 g/mol. The summed E-state index contributed by atoms with van der Waals surface area (Å²) in [4.78, 5) is 0. The maximum atomic E-state index is 14.6. The number of hydrogen-bond acceptors (Lipinski definition) is 3. The molecule has 0 aromatic heterocycles. The second-order valence-corrected chi connectivity index (χ2v) is 12.8. The van der Waals surface area contributed by atoms with Gasteiger partial charge in [-0.15, -0.1) is 0 Å². The van der Waals surface area contributed by atoms with E-state index in [4.69, 9.17) is 9.31 Å². The minimum atomic E-state index is -2.98. The highest BCUT2D eigenvalue weighted by Crippen LogP contribution is 2.42. The molecule has 0 N–H and O–H groups in total. The fourth-order valence-electron chi connectivity index (χ4n) is 4.43. The third-order valence-corrected chi connectivity index (χ3v) is 10.3. The minimum absolute atomic E-state index is 0.384. The largest absolute Gasteiger partial charge is 0.494 e. The van der Waals surface area contributed by atoms with E-state index in [1.807, 2.05) is 84.9 Å². The van der Waals surface area contributed by atoms with Gasteiger partial charge in [0.2, 0.25) is 0 Å². The minimum Gasteiger partial charge on any atom is -0.399 e. The third kappa shape index (κ3) is 4.32. The van der Waals surface area contributed by atoms with Gasteiger partial charge in [0, 0.05) is 15.9 Å². The van der Waals surface area contributed by atoms with Crippen LogP contribution in [0, 0.1) is 0 Å². The van der Waals surface area contributed by atoms with Crippen LogP contribution in [0.2, 0.25) is 0 Å². The highest BCUT2D eigenvalue weighted by molar-refractivity contribution is 7.85. The van der Waals surface area contributed by atoms with Crippen molar-refractivity contribution < 1.29 is 13.9 Å². The predicted octanol–water partition coefficient (Wildman–Crippen LogP) is 5.29. The quantitative estimate of drug-likeness (QED) is 0.288. The van der Waals surface area contributed by atoms with Gasteiger partial charge in [0.05, 0.1) is 11.2 Å². The van der Waals surface area contributed by atoms with Crippen LogP contribution < -0.4 is 21.4 Å². The first kappa shape index (κ1) is 23.8. The normalized spacial score (nSPS) is 16.9. The zero-order valence-corrected chi connectivity index (χ0v) is 21.5. The standard InChI is InChI=1S/C30H30BO3P/c1-29(2)30(3,4)34-31(33-29)25-13-11-12-24(22-25)23-18-20-28(21-19-23)35(32,26-14-7-5-8-15-26)27-16-9-6-10-17-27/h5-22H,1-4H3. The summed E-state index contributed by atoms with van der Waals surface area (Å²) in [5, 5.41) is 2.49. The lowest BCUT2D eigenvalue weighted by Gasteiger charge is -2.32. The Hall–Kier alpha value is -2.91. The summed E-state index contributed by atoms with van der Waals surface area (Å²) in [6.45, 7) is 8.25. The predicted molar refractivity (Wildman–Crippen MR) is 147 cm³/mol. The second-order valence-electron chi connectivity index (χ2n) is 10.0. The van der Waals surface area contributed by atoms with E-state index in [9.17, 15) is 4.57 Å². The Kier molecular flexibility index (Phi) is 6.09. The second kappa shape index (κ2) is 8.95. The molecule has 5 rings (SSSR count). The summed E-state index contributed by atoms with van der Waals surface area (Å²) < 4.78 is 27.1. The van der Waals surface area contributed by atoms with Crippen molar-refractivity contribution in [1.82, 2.24) is 0 Å². The molecule has 1 saturated heterocycles. The summed E-state index contributed by atoms with van der Waals surface area (Å²) in [5.41, 5.74) is 2.35. The first-order valence-corrected chi connectivity index (χ1v) is 13.7. The fraction of sp³-hybridized carbons (Fsp3) is 0.200. The van der Waals surface area contributed by atoms with Gasteiger partial charge >= 0.3 is 7.12 Å². The molecule has 1 heterocycles. The average Bonchev–Trinajstić information content (AvgIpc) is 3.11. The van der Waals surface area contributed by atoms with Gasteiger partial charge in [0.25, 0.3) is 0 Å². The van der Waals surface area contributed by atoms with Crippen LogP contribution in [-0.2, 0) is 13.9 Å². The van der Waals surface area contributed by atoms with Crippen molar-refractivity contribution in [1.29, 1.82) is 0 Å². The first-order valence-electron chi connectivity index (χ1n) is 12.0. The van der Waals surface area contributed by atoms with E-state index in [1.54, 1.807) is 0 Å². The van der Waals surface area contributed by atoms with Crippen LogP contribution in [0.4, 0.5) is 0 Å². The first-order chi connectivity index (χ1) is 16.7. The van der Waals surface area contributed by atoms with Crippen molar-refractivity contribution in [2.24, 2.45) is 0 Å². The Balaban J connectivity index is 1.49. The third-order valence-electron chi connectivity index (χ3n) is 7.22. The Labute approximate surface area is 208 Å². The SMILES string of the molecule is CC1(C)OB(c2cccc(-c3ccc(P(=O)(c4ccccc4)c4ccccc4)cc3)c2)OC1(C)C. The van der Waals surface area contributed by atoms with Gasteiger partial charge in [-0.2, -0.15) is 0 Å². The van der Waals surface area contributed by atoms with Gasteiger partial charge in [-0.25, -0.2) is 0 Å². The van der Waals surface area contributed by atoms with E-state index in [0.29, 0.717) is 0 Å². The van der Waals surface area contributed by atoms with Gasteiger partial charge < -0.3 is 13.9 Å². The molecule has 1 aliphatic heterocycles. The molecular formula is C30H30BO3P. The van der Waals surface area contributed by atoms with E-state index >= 15 is 0 Å². The van der Waals surface area contributed by atoms with E-state index in [2.05, 4.69) is 52.0 Å². The van der Waals surface area contributed by atoms with Crippen molar-refractivity contribution in [2.75, 3.05) is 0 Å². The zero-order chi connectivity index (χ0) is 24.7. The van der Waals surface area contributed by atoms with Crippen molar-refractivity contribution >= 4 is 35.6 Å². The van der Waals surface area contributed by atoms with Gasteiger partial charge in [0.15, 0.2) is 7.14 Å². The van der Waals surface area contributed by atoms with Crippen LogP contribution in [0.5, 0.6) is 0 Å². The summed E-state index contributed by atoms with van der Waals surface area (Å²) in [6.07, 6.45) is 0. The molecule has 0 aliphatic carbocycles. The lowest BCUT2D eigenvalue weighted by atomic mass is 9.78. The topological polar surface area (TPSA) is 35.5 Å². The van der Waals surface area contributed by atoms with E-state index in [1.165, 1.54) is 0 Å². The molecule has 0 bridgehead atoms. The molecule has 0 saturated carbocycles. The fourth-order valence-corrected chi connectivity index (χ4v) is 7.08. The van der Waals surface area contributed by atoms with Crippen molar-refractivity contribution in [3.63, 3.8) is 0 Å². The molecule has 0 unspecified atom stereocenters. The van der Waals surface area contributed by atoms with Crippen LogP contribution in [-0.4, -0.2) is 18.3 Å². The van der Waals surface area contributed by atoms with Gasteiger partial charge in [-0.1, -0.05) is 109 Å². The van der Waals surface area contributed by atoms with Gasteiger partial charge in [-0.05, 0) is 44.3 Å². The van der Waals surface area contributed by atoms with E-state index in [-0.39, 0.29) is 11.2 Å². The summed E-state index contributed by atoms with van der Waals surface area (Å²) in [5.74, 6) is 0.